The molecule has 1 heterocycles. The molecule has 1 aliphatic heterocycles. The lowest BCUT2D eigenvalue weighted by molar-refractivity contribution is -0.0294. The molecule has 94 valence electrons. The van der Waals surface area contributed by atoms with Gasteiger partial charge in [-0.1, -0.05) is 32.1 Å². The van der Waals surface area contributed by atoms with E-state index in [-0.39, 0.29) is 0 Å². The number of nitrogens with zero attached hydrogens (tertiary/aromatic N) is 1. The molecule has 2 fully saturated rings. The third kappa shape index (κ3) is 2.76. The maximum Gasteiger partial charge on any atom is 0.0594 e. The number of morpholine rings is 1. The summed E-state index contributed by atoms with van der Waals surface area (Å²) < 4.78 is 5.45. The van der Waals surface area contributed by atoms with Crippen LogP contribution in [0.15, 0.2) is 0 Å². The van der Waals surface area contributed by atoms with E-state index in [1.807, 2.05) is 0 Å². The fourth-order valence-corrected chi connectivity index (χ4v) is 3.25. The van der Waals surface area contributed by atoms with Crippen LogP contribution in [0.1, 0.15) is 44.9 Å². The van der Waals surface area contributed by atoms with E-state index in [1.165, 1.54) is 44.9 Å². The molecule has 3 nitrogen and oxygen atoms in total. The molecule has 0 aromatic rings. The Labute approximate surface area is 99.3 Å². The minimum absolute atomic E-state index is 0.296. The third-order valence-corrected chi connectivity index (χ3v) is 4.35. The highest BCUT2D eigenvalue weighted by Crippen LogP contribution is 2.31. The first-order valence-corrected chi connectivity index (χ1v) is 6.90. The van der Waals surface area contributed by atoms with Gasteiger partial charge in [0.25, 0.3) is 0 Å². The number of hydrogen-bond acceptors (Lipinski definition) is 3. The highest BCUT2D eigenvalue weighted by Gasteiger charge is 2.35. The molecule has 0 aromatic carbocycles. The monoisotopic (exact) mass is 226 g/mol. The van der Waals surface area contributed by atoms with Gasteiger partial charge in [0, 0.05) is 25.2 Å². The predicted octanol–water partition coefficient (Wildman–Crippen LogP) is 1.76. The van der Waals surface area contributed by atoms with Crippen LogP contribution in [0.5, 0.6) is 0 Å². The van der Waals surface area contributed by atoms with Gasteiger partial charge in [0.05, 0.1) is 13.2 Å². The average molecular weight is 226 g/mol. The molecule has 0 aromatic heterocycles. The predicted molar refractivity (Wildman–Crippen MR) is 66.5 cm³/mol. The Bertz CT molecular complexity index is 194. The van der Waals surface area contributed by atoms with Crippen molar-refractivity contribution in [3.63, 3.8) is 0 Å². The highest BCUT2D eigenvalue weighted by molar-refractivity contribution is 4.93. The number of hydrogen-bond donors (Lipinski definition) is 1. The van der Waals surface area contributed by atoms with Crippen LogP contribution in [0.25, 0.3) is 0 Å². The van der Waals surface area contributed by atoms with E-state index in [9.17, 15) is 0 Å². The van der Waals surface area contributed by atoms with Gasteiger partial charge in [-0.05, 0) is 12.8 Å². The second-order valence-electron chi connectivity index (χ2n) is 5.30. The van der Waals surface area contributed by atoms with Gasteiger partial charge in [-0.25, -0.2) is 0 Å². The van der Waals surface area contributed by atoms with Crippen LogP contribution < -0.4 is 5.73 Å². The molecule has 0 amide bonds. The van der Waals surface area contributed by atoms with Gasteiger partial charge in [0.15, 0.2) is 0 Å². The van der Waals surface area contributed by atoms with Crippen molar-refractivity contribution in [2.45, 2.75) is 50.5 Å². The first-order valence-electron chi connectivity index (χ1n) is 6.90. The van der Waals surface area contributed by atoms with E-state index in [1.54, 1.807) is 0 Å². The SMILES string of the molecule is NCC1(N2CCOCC2)CCCCCCC1. The number of nitrogens with two attached hydrogens (primary N) is 1. The molecule has 0 bridgehead atoms. The minimum atomic E-state index is 0.296. The Morgan fingerprint density at radius 1 is 0.938 bits per heavy atom. The summed E-state index contributed by atoms with van der Waals surface area (Å²) in [6.07, 6.45) is 9.51. The Morgan fingerprint density at radius 2 is 1.50 bits per heavy atom. The normalized spacial score (nSPS) is 28.3. The number of ether oxygens (including phenoxy) is 1. The average Bonchev–Trinajstić information content (AvgIpc) is 2.31. The maximum absolute atomic E-state index is 6.11. The molecule has 2 N–H and O–H groups in total. The van der Waals surface area contributed by atoms with E-state index in [2.05, 4.69) is 4.90 Å². The molecule has 2 rings (SSSR count). The molecule has 3 heteroatoms. The largest absolute Gasteiger partial charge is 0.379 e. The molecule has 16 heavy (non-hydrogen) atoms. The zero-order chi connectivity index (χ0) is 11.3. The molecule has 1 saturated carbocycles. The van der Waals surface area contributed by atoms with Gasteiger partial charge in [0.2, 0.25) is 0 Å². The molecule has 1 aliphatic carbocycles. The van der Waals surface area contributed by atoms with Crippen molar-refractivity contribution in [3.05, 3.63) is 0 Å². The van der Waals surface area contributed by atoms with Gasteiger partial charge >= 0.3 is 0 Å². The Morgan fingerprint density at radius 3 is 2.06 bits per heavy atom. The van der Waals surface area contributed by atoms with E-state index < -0.39 is 0 Å². The molecular weight excluding hydrogens is 200 g/mol. The zero-order valence-electron chi connectivity index (χ0n) is 10.4. The smallest absolute Gasteiger partial charge is 0.0594 e. The van der Waals surface area contributed by atoms with Crippen LogP contribution in [0.4, 0.5) is 0 Å². The standard InChI is InChI=1S/C13H26N2O/c14-12-13(15-8-10-16-11-9-15)6-4-2-1-3-5-7-13/h1-12,14H2. The second-order valence-corrected chi connectivity index (χ2v) is 5.30. The minimum Gasteiger partial charge on any atom is -0.379 e. The van der Waals surface area contributed by atoms with Crippen LogP contribution in [0.2, 0.25) is 0 Å². The molecule has 0 spiro atoms. The second kappa shape index (κ2) is 5.99. The fraction of sp³-hybridized carbons (Fsp3) is 1.00. The summed E-state index contributed by atoms with van der Waals surface area (Å²) in [5.74, 6) is 0. The summed E-state index contributed by atoms with van der Waals surface area (Å²) in [4.78, 5) is 2.61. The van der Waals surface area contributed by atoms with E-state index in [4.69, 9.17) is 10.5 Å². The van der Waals surface area contributed by atoms with Crippen LogP contribution in [-0.4, -0.2) is 43.3 Å². The molecule has 0 atom stereocenters. The van der Waals surface area contributed by atoms with Crippen LogP contribution >= 0.6 is 0 Å². The van der Waals surface area contributed by atoms with Gasteiger partial charge in [-0.3, -0.25) is 4.90 Å². The van der Waals surface area contributed by atoms with Crippen molar-refractivity contribution in [3.8, 4) is 0 Å². The van der Waals surface area contributed by atoms with Crippen molar-refractivity contribution in [1.29, 1.82) is 0 Å². The van der Waals surface area contributed by atoms with E-state index in [0.29, 0.717) is 5.54 Å². The summed E-state index contributed by atoms with van der Waals surface area (Å²) in [7, 11) is 0. The lowest BCUT2D eigenvalue weighted by Gasteiger charge is -2.46. The lowest BCUT2D eigenvalue weighted by Crippen LogP contribution is -2.57. The fourth-order valence-electron chi connectivity index (χ4n) is 3.25. The van der Waals surface area contributed by atoms with Crippen LogP contribution in [-0.2, 0) is 4.74 Å². The molecule has 0 unspecified atom stereocenters. The van der Waals surface area contributed by atoms with E-state index in [0.717, 1.165) is 32.8 Å². The first-order chi connectivity index (χ1) is 7.87. The summed E-state index contributed by atoms with van der Waals surface area (Å²) in [5, 5.41) is 0. The summed E-state index contributed by atoms with van der Waals surface area (Å²) in [6, 6.07) is 0. The lowest BCUT2D eigenvalue weighted by atomic mass is 9.82. The molecule has 1 saturated heterocycles. The van der Waals surface area contributed by atoms with Crippen molar-refractivity contribution < 1.29 is 4.74 Å². The summed E-state index contributed by atoms with van der Waals surface area (Å²) in [6.45, 7) is 4.77. The van der Waals surface area contributed by atoms with Gasteiger partial charge in [-0.15, -0.1) is 0 Å². The Kier molecular flexibility index (Phi) is 4.62. The van der Waals surface area contributed by atoms with Crippen LogP contribution in [0, 0.1) is 0 Å². The quantitative estimate of drug-likeness (QED) is 0.780. The zero-order valence-corrected chi connectivity index (χ0v) is 10.4. The van der Waals surface area contributed by atoms with Crippen LogP contribution in [0.3, 0.4) is 0 Å². The first kappa shape index (κ1) is 12.3. The van der Waals surface area contributed by atoms with Crippen molar-refractivity contribution in [2.75, 3.05) is 32.8 Å². The van der Waals surface area contributed by atoms with Crippen molar-refractivity contribution >= 4 is 0 Å². The van der Waals surface area contributed by atoms with Gasteiger partial charge in [0.1, 0.15) is 0 Å². The van der Waals surface area contributed by atoms with Gasteiger partial charge < -0.3 is 10.5 Å². The topological polar surface area (TPSA) is 38.5 Å². The number of rotatable bonds is 2. The molecule has 0 radical (unpaired) electrons. The molecular formula is C13H26N2O. The summed E-state index contributed by atoms with van der Waals surface area (Å²) in [5.41, 5.74) is 6.40. The molecule has 2 aliphatic rings. The van der Waals surface area contributed by atoms with E-state index >= 15 is 0 Å². The van der Waals surface area contributed by atoms with Crippen molar-refractivity contribution in [2.24, 2.45) is 5.73 Å². The van der Waals surface area contributed by atoms with Gasteiger partial charge in [-0.2, -0.15) is 0 Å². The summed E-state index contributed by atoms with van der Waals surface area (Å²) >= 11 is 0. The van der Waals surface area contributed by atoms with Crippen molar-refractivity contribution in [1.82, 2.24) is 4.90 Å². The Hall–Kier alpha value is -0.120. The maximum atomic E-state index is 6.11. The highest BCUT2D eigenvalue weighted by atomic mass is 16.5. The Balaban J connectivity index is 2.01. The third-order valence-electron chi connectivity index (χ3n) is 4.35.